The van der Waals surface area contributed by atoms with Crippen LogP contribution in [0.15, 0.2) is 36.5 Å². The van der Waals surface area contributed by atoms with Crippen molar-refractivity contribution in [1.29, 1.82) is 0 Å². The van der Waals surface area contributed by atoms with Gasteiger partial charge in [0.05, 0.1) is 32.0 Å². The molecule has 14 nitrogen and oxygen atoms in total. The van der Waals surface area contributed by atoms with E-state index in [0.717, 1.165) is 51.4 Å². The van der Waals surface area contributed by atoms with Crippen LogP contribution in [0.4, 0.5) is 0 Å². The summed E-state index contributed by atoms with van der Waals surface area (Å²) in [4.78, 5) is 13.3. The summed E-state index contributed by atoms with van der Waals surface area (Å²) >= 11 is 0. The van der Waals surface area contributed by atoms with Crippen LogP contribution in [0.2, 0.25) is 0 Å². The van der Waals surface area contributed by atoms with Crippen LogP contribution >= 0.6 is 0 Å². The van der Waals surface area contributed by atoms with E-state index in [4.69, 9.17) is 18.9 Å². The van der Waals surface area contributed by atoms with Crippen LogP contribution in [0.5, 0.6) is 0 Å². The Hall–Kier alpha value is -1.79. The lowest BCUT2D eigenvalue weighted by Crippen LogP contribution is -2.65. The van der Waals surface area contributed by atoms with E-state index in [9.17, 15) is 45.6 Å². The SMILES string of the molecule is CCCCCCC/C=C\C/C=C\CCCCCCCCCCCC(=O)NC(COC1OC(CO)C(OC2OC(CO)C(O)C(O)C2O)C(O)C1O)C(O)/C=C/CCCCCCCCCCCCCCCCCCCCCCCCCCCCC. The number of nitrogens with one attached hydrogen (secondary N) is 1. The molecule has 9 N–H and O–H groups in total. The maximum atomic E-state index is 13.3. The lowest BCUT2D eigenvalue weighted by molar-refractivity contribution is -0.359. The first kappa shape index (κ1) is 78.3. The number of unbranched alkanes of at least 4 members (excludes halogenated alkanes) is 41. The number of carbonyl (C=O) groups is 1. The number of aliphatic hydroxyl groups excluding tert-OH is 8. The first-order valence-corrected chi connectivity index (χ1v) is 35.2. The Labute approximate surface area is 512 Å². The second-order valence-electron chi connectivity index (χ2n) is 25.0. The lowest BCUT2D eigenvalue weighted by Gasteiger charge is -2.46. The molecular formula is C70H131NO13. The zero-order chi connectivity index (χ0) is 60.9. The summed E-state index contributed by atoms with van der Waals surface area (Å²) in [5, 5.41) is 87.4. The van der Waals surface area contributed by atoms with Crippen molar-refractivity contribution in [3.8, 4) is 0 Å². The van der Waals surface area contributed by atoms with E-state index >= 15 is 0 Å². The van der Waals surface area contributed by atoms with Gasteiger partial charge in [-0.15, -0.1) is 0 Å². The molecule has 0 bridgehead atoms. The van der Waals surface area contributed by atoms with Gasteiger partial charge in [0.25, 0.3) is 0 Å². The molecule has 0 aromatic heterocycles. The van der Waals surface area contributed by atoms with Gasteiger partial charge in [-0.2, -0.15) is 0 Å². The van der Waals surface area contributed by atoms with Gasteiger partial charge in [0.2, 0.25) is 5.91 Å². The fourth-order valence-corrected chi connectivity index (χ4v) is 11.7. The number of carbonyl (C=O) groups excluding carboxylic acids is 1. The molecule has 2 saturated heterocycles. The van der Waals surface area contributed by atoms with Gasteiger partial charge < -0.3 is 65.1 Å². The summed E-state index contributed by atoms with van der Waals surface area (Å²) in [5.74, 6) is -0.240. The molecule has 2 rings (SSSR count). The maximum Gasteiger partial charge on any atom is 0.220 e. The summed E-state index contributed by atoms with van der Waals surface area (Å²) in [6.07, 6.45) is 53.4. The van der Waals surface area contributed by atoms with Gasteiger partial charge in [0.1, 0.15) is 48.8 Å². The normalized spacial score (nSPS) is 23.8. The van der Waals surface area contributed by atoms with Crippen LogP contribution in [0.3, 0.4) is 0 Å². The number of hydrogen-bond acceptors (Lipinski definition) is 13. The lowest BCUT2D eigenvalue weighted by atomic mass is 9.97. The smallest absolute Gasteiger partial charge is 0.220 e. The number of hydrogen-bond donors (Lipinski definition) is 9. The van der Waals surface area contributed by atoms with Crippen molar-refractivity contribution in [2.45, 2.75) is 383 Å². The minimum atomic E-state index is -1.79. The average molecular weight is 1190 g/mol. The molecule has 0 aliphatic carbocycles. The van der Waals surface area contributed by atoms with Gasteiger partial charge in [-0.05, 0) is 51.4 Å². The second kappa shape index (κ2) is 55.3. The van der Waals surface area contributed by atoms with Crippen molar-refractivity contribution < 1.29 is 64.6 Å². The molecule has 1 amide bonds. The fourth-order valence-electron chi connectivity index (χ4n) is 11.7. The minimum absolute atomic E-state index is 0.240. The third-order valence-electron chi connectivity index (χ3n) is 17.3. The molecular weight excluding hydrogens is 1060 g/mol. The highest BCUT2D eigenvalue weighted by molar-refractivity contribution is 5.76. The van der Waals surface area contributed by atoms with Gasteiger partial charge in [-0.3, -0.25) is 4.79 Å². The van der Waals surface area contributed by atoms with E-state index in [1.54, 1.807) is 6.08 Å². The van der Waals surface area contributed by atoms with E-state index in [1.807, 2.05) is 6.08 Å². The summed E-state index contributed by atoms with van der Waals surface area (Å²) in [5.41, 5.74) is 0. The molecule has 494 valence electrons. The van der Waals surface area contributed by atoms with Crippen LogP contribution in [0, 0.1) is 0 Å². The molecule has 12 unspecified atom stereocenters. The number of aliphatic hydroxyl groups is 8. The molecule has 0 spiro atoms. The highest BCUT2D eigenvalue weighted by atomic mass is 16.7. The highest BCUT2D eigenvalue weighted by Crippen LogP contribution is 2.30. The van der Waals surface area contributed by atoms with Gasteiger partial charge in [-0.25, -0.2) is 0 Å². The topological polar surface area (TPSA) is 228 Å². The molecule has 0 saturated carbocycles. The van der Waals surface area contributed by atoms with Crippen molar-refractivity contribution in [3.63, 3.8) is 0 Å². The molecule has 0 aromatic rings. The number of ether oxygens (including phenoxy) is 4. The van der Waals surface area contributed by atoms with E-state index in [0.29, 0.717) is 6.42 Å². The third-order valence-corrected chi connectivity index (χ3v) is 17.3. The van der Waals surface area contributed by atoms with E-state index in [1.165, 1.54) is 231 Å². The van der Waals surface area contributed by atoms with E-state index < -0.39 is 86.8 Å². The largest absolute Gasteiger partial charge is 0.394 e. The molecule has 12 atom stereocenters. The Morgan fingerprint density at radius 2 is 0.786 bits per heavy atom. The minimum Gasteiger partial charge on any atom is -0.394 e. The first-order chi connectivity index (χ1) is 41.1. The maximum absolute atomic E-state index is 13.3. The zero-order valence-corrected chi connectivity index (χ0v) is 53.7. The third kappa shape index (κ3) is 39.3. The summed E-state index contributed by atoms with van der Waals surface area (Å²) < 4.78 is 22.9. The Morgan fingerprint density at radius 3 is 1.19 bits per heavy atom. The number of amides is 1. The quantitative estimate of drug-likeness (QED) is 0.0204. The van der Waals surface area contributed by atoms with Crippen LogP contribution in [-0.2, 0) is 23.7 Å². The summed E-state index contributed by atoms with van der Waals surface area (Å²) in [7, 11) is 0. The van der Waals surface area contributed by atoms with E-state index in [2.05, 4.69) is 43.5 Å². The zero-order valence-electron chi connectivity index (χ0n) is 53.7. The molecule has 0 radical (unpaired) electrons. The predicted molar refractivity (Wildman–Crippen MR) is 341 cm³/mol. The molecule has 2 aliphatic heterocycles. The molecule has 14 heteroatoms. The van der Waals surface area contributed by atoms with Gasteiger partial charge in [0, 0.05) is 6.42 Å². The van der Waals surface area contributed by atoms with Crippen molar-refractivity contribution in [2.75, 3.05) is 19.8 Å². The Kier molecular flexibility index (Phi) is 51.5. The van der Waals surface area contributed by atoms with Gasteiger partial charge in [-0.1, -0.05) is 288 Å². The monoisotopic (exact) mass is 1190 g/mol. The van der Waals surface area contributed by atoms with Crippen molar-refractivity contribution in [2.24, 2.45) is 0 Å². The first-order valence-electron chi connectivity index (χ1n) is 35.2. The molecule has 84 heavy (non-hydrogen) atoms. The van der Waals surface area contributed by atoms with Crippen LogP contribution in [-0.4, -0.2) is 140 Å². The van der Waals surface area contributed by atoms with E-state index in [-0.39, 0.29) is 18.9 Å². The number of rotatable bonds is 58. The predicted octanol–water partition coefficient (Wildman–Crippen LogP) is 14.1. The summed E-state index contributed by atoms with van der Waals surface area (Å²) in [6.45, 7) is 2.83. The van der Waals surface area contributed by atoms with Crippen molar-refractivity contribution in [1.82, 2.24) is 5.32 Å². The Balaban J connectivity index is 1.68. The highest BCUT2D eigenvalue weighted by Gasteiger charge is 2.51. The van der Waals surface area contributed by atoms with Gasteiger partial charge in [0.15, 0.2) is 12.6 Å². The molecule has 2 fully saturated rings. The van der Waals surface area contributed by atoms with Crippen LogP contribution in [0.1, 0.15) is 309 Å². The molecule has 2 heterocycles. The standard InChI is InChI=1S/C70H131NO13/c1-3-5-7-9-11-13-15-17-19-21-23-25-26-27-28-29-30-31-32-34-35-37-39-41-43-45-47-49-51-53-59(74)58(57-81-69-67(80)65(78)68(61(56-73)83-69)84-70-66(79)64(77)63(76)60(55-72)82-70)71-62(75)54-52-50-48-46-44-42-40-38-36-33-24-22-20-18-16-14-12-10-8-6-4-2/h16,18,22,24,51,53,58-61,63-70,72-74,76-80H,3-15,17,19-21,23,25-50,52,54-57H2,1-2H3,(H,71,75)/b18-16-,24-22-,53-51+. The van der Waals surface area contributed by atoms with Crippen molar-refractivity contribution >= 4 is 5.91 Å². The van der Waals surface area contributed by atoms with Crippen molar-refractivity contribution in [3.05, 3.63) is 36.5 Å². The second-order valence-corrected chi connectivity index (χ2v) is 25.0. The van der Waals surface area contributed by atoms with Crippen LogP contribution in [0.25, 0.3) is 0 Å². The van der Waals surface area contributed by atoms with Crippen LogP contribution < -0.4 is 5.32 Å². The average Bonchev–Trinajstić information content (AvgIpc) is 3.18. The molecule has 2 aliphatic rings. The fraction of sp³-hybridized carbons (Fsp3) is 0.900. The molecule has 0 aromatic carbocycles. The number of allylic oxidation sites excluding steroid dienone is 5. The summed E-state index contributed by atoms with van der Waals surface area (Å²) in [6, 6.07) is -0.918. The Bertz CT molecular complexity index is 1550. The van der Waals surface area contributed by atoms with Gasteiger partial charge >= 0.3 is 0 Å². The Morgan fingerprint density at radius 1 is 0.429 bits per heavy atom.